The summed E-state index contributed by atoms with van der Waals surface area (Å²) < 4.78 is 13.6. The molecule has 1 fully saturated rings. The fourth-order valence-electron chi connectivity index (χ4n) is 4.43. The minimum absolute atomic E-state index is 0.0891. The SMILES string of the molecule is C=Cc1cc(C(c2non2CCCC)N2CCN(c3cc(C)ccc3C)CC2)oc1C=C. The van der Waals surface area contributed by atoms with Gasteiger partial charge in [-0.25, -0.2) is 0 Å². The van der Waals surface area contributed by atoms with Crippen LogP contribution in [0.15, 0.2) is 46.5 Å². The summed E-state index contributed by atoms with van der Waals surface area (Å²) in [4.78, 5) is 4.93. The van der Waals surface area contributed by atoms with E-state index in [9.17, 15) is 0 Å². The molecule has 0 saturated carbocycles. The first-order valence-electron chi connectivity index (χ1n) is 11.5. The van der Waals surface area contributed by atoms with Crippen LogP contribution < -0.4 is 4.90 Å². The third-order valence-electron chi connectivity index (χ3n) is 6.32. The number of anilines is 1. The van der Waals surface area contributed by atoms with Crippen LogP contribution >= 0.6 is 0 Å². The average molecular weight is 435 g/mol. The molecule has 1 aliphatic heterocycles. The summed E-state index contributed by atoms with van der Waals surface area (Å²) in [6, 6.07) is 8.65. The molecule has 1 aromatic carbocycles. The van der Waals surface area contributed by atoms with Crippen molar-refractivity contribution < 1.29 is 9.05 Å². The molecule has 0 radical (unpaired) electrons. The predicted molar refractivity (Wildman–Crippen MR) is 130 cm³/mol. The van der Waals surface area contributed by atoms with E-state index < -0.39 is 0 Å². The molecular formula is C26H34N4O2. The summed E-state index contributed by atoms with van der Waals surface area (Å²) in [7, 11) is 0. The molecule has 1 atom stereocenters. The molecule has 2 aromatic heterocycles. The van der Waals surface area contributed by atoms with Crippen LogP contribution in [0.4, 0.5) is 5.69 Å². The Balaban J connectivity index is 1.60. The lowest BCUT2D eigenvalue weighted by molar-refractivity contribution is 0.0552. The van der Waals surface area contributed by atoms with E-state index in [1.54, 1.807) is 6.08 Å². The van der Waals surface area contributed by atoms with Gasteiger partial charge in [0.1, 0.15) is 17.6 Å². The van der Waals surface area contributed by atoms with E-state index in [4.69, 9.17) is 9.05 Å². The topological polar surface area (TPSA) is 50.6 Å². The number of aryl methyl sites for hydroxylation is 3. The van der Waals surface area contributed by atoms with E-state index in [-0.39, 0.29) is 6.04 Å². The maximum atomic E-state index is 6.22. The summed E-state index contributed by atoms with van der Waals surface area (Å²) in [5.41, 5.74) is 4.90. The van der Waals surface area contributed by atoms with Gasteiger partial charge in [-0.05, 0) is 54.8 Å². The summed E-state index contributed by atoms with van der Waals surface area (Å²) in [5, 5.41) is 4.32. The van der Waals surface area contributed by atoms with Crippen molar-refractivity contribution in [1.29, 1.82) is 0 Å². The zero-order chi connectivity index (χ0) is 22.7. The molecule has 170 valence electrons. The molecular weight excluding hydrogens is 400 g/mol. The van der Waals surface area contributed by atoms with Gasteiger partial charge < -0.3 is 9.32 Å². The van der Waals surface area contributed by atoms with E-state index >= 15 is 0 Å². The smallest absolute Gasteiger partial charge is 0.209 e. The fraction of sp³-hybridized carbons (Fsp3) is 0.423. The minimum Gasteiger partial charge on any atom is -0.459 e. The molecule has 4 rings (SSSR count). The molecule has 32 heavy (non-hydrogen) atoms. The Hall–Kier alpha value is -2.99. The van der Waals surface area contributed by atoms with Gasteiger partial charge in [-0.2, -0.15) is 4.74 Å². The summed E-state index contributed by atoms with van der Waals surface area (Å²) >= 11 is 0. The predicted octanol–water partition coefficient (Wildman–Crippen LogP) is 5.68. The van der Waals surface area contributed by atoms with E-state index in [2.05, 4.69) is 73.2 Å². The number of hydrogen-bond donors (Lipinski definition) is 0. The number of aromatic nitrogens is 2. The number of hydrogen-bond acceptors (Lipinski definition) is 5. The second-order valence-corrected chi connectivity index (χ2v) is 8.58. The fourth-order valence-corrected chi connectivity index (χ4v) is 4.43. The minimum atomic E-state index is -0.0891. The lowest BCUT2D eigenvalue weighted by Crippen LogP contribution is -2.49. The highest BCUT2D eigenvalue weighted by atomic mass is 16.6. The van der Waals surface area contributed by atoms with Gasteiger partial charge >= 0.3 is 0 Å². The van der Waals surface area contributed by atoms with Crippen LogP contribution in [0.2, 0.25) is 0 Å². The molecule has 0 N–H and O–H groups in total. The summed E-state index contributed by atoms with van der Waals surface area (Å²) in [6.45, 7) is 18.9. The molecule has 0 bridgehead atoms. The molecule has 6 heteroatoms. The first kappa shape index (κ1) is 22.2. The number of piperazine rings is 1. The molecule has 6 nitrogen and oxygen atoms in total. The lowest BCUT2D eigenvalue weighted by Gasteiger charge is -2.40. The highest BCUT2D eigenvalue weighted by Gasteiger charge is 2.35. The average Bonchev–Trinajstić information content (AvgIpc) is 3.21. The molecule has 0 spiro atoms. The van der Waals surface area contributed by atoms with Crippen LogP contribution in [-0.4, -0.2) is 41.0 Å². The van der Waals surface area contributed by atoms with Crippen molar-refractivity contribution in [2.45, 2.75) is 46.2 Å². The third kappa shape index (κ3) is 4.32. The summed E-state index contributed by atoms with van der Waals surface area (Å²) in [6.07, 6.45) is 5.71. The van der Waals surface area contributed by atoms with Crippen LogP contribution in [0.5, 0.6) is 0 Å². The van der Waals surface area contributed by atoms with Crippen molar-refractivity contribution in [3.8, 4) is 0 Å². The zero-order valence-electron chi connectivity index (χ0n) is 19.5. The van der Waals surface area contributed by atoms with Crippen molar-refractivity contribution in [1.82, 2.24) is 14.8 Å². The van der Waals surface area contributed by atoms with Gasteiger partial charge in [-0.3, -0.25) is 9.53 Å². The molecule has 3 heterocycles. The number of nitrogens with zero attached hydrogens (tertiary/aromatic N) is 4. The van der Waals surface area contributed by atoms with Crippen LogP contribution in [0.1, 0.15) is 59.8 Å². The normalized spacial score (nSPS) is 15.8. The van der Waals surface area contributed by atoms with Gasteiger partial charge in [-0.1, -0.05) is 44.7 Å². The third-order valence-corrected chi connectivity index (χ3v) is 6.32. The van der Waals surface area contributed by atoms with Gasteiger partial charge in [0.25, 0.3) is 0 Å². The van der Waals surface area contributed by atoms with E-state index in [0.29, 0.717) is 0 Å². The molecule has 0 aliphatic carbocycles. The molecule has 3 aromatic rings. The Labute approximate surface area is 190 Å². The Kier molecular flexibility index (Phi) is 6.70. The number of rotatable bonds is 9. The summed E-state index contributed by atoms with van der Waals surface area (Å²) in [5.74, 6) is 2.52. The van der Waals surface area contributed by atoms with Gasteiger partial charge in [0, 0.05) is 37.4 Å². The Morgan fingerprint density at radius 1 is 1.09 bits per heavy atom. The van der Waals surface area contributed by atoms with Crippen molar-refractivity contribution in [2.24, 2.45) is 0 Å². The first-order valence-corrected chi connectivity index (χ1v) is 11.5. The molecule has 1 aliphatic rings. The number of unbranched alkanes of at least 4 members (excludes halogenated alkanes) is 1. The van der Waals surface area contributed by atoms with Crippen molar-refractivity contribution in [2.75, 3.05) is 31.1 Å². The Morgan fingerprint density at radius 2 is 1.88 bits per heavy atom. The lowest BCUT2D eigenvalue weighted by atomic mass is 10.1. The number of furan rings is 1. The zero-order valence-corrected chi connectivity index (χ0v) is 19.5. The van der Waals surface area contributed by atoms with Crippen molar-refractivity contribution in [3.05, 3.63) is 71.5 Å². The van der Waals surface area contributed by atoms with Crippen molar-refractivity contribution >= 4 is 17.8 Å². The van der Waals surface area contributed by atoms with E-state index in [1.165, 1.54) is 16.8 Å². The monoisotopic (exact) mass is 434 g/mol. The Bertz CT molecular complexity index is 1040. The van der Waals surface area contributed by atoms with Crippen LogP contribution in [0.25, 0.3) is 12.2 Å². The molecule has 1 unspecified atom stereocenters. The maximum absolute atomic E-state index is 6.22. The van der Waals surface area contributed by atoms with E-state index in [1.807, 2.05) is 10.8 Å². The standard InChI is InChI=1S/C26H34N4O2/c1-6-9-12-30-26(27-32-30)25(24-18-21(7-2)23(8-3)31-24)29-15-13-28(14-16-29)22-17-19(4)10-11-20(22)5/h7-8,10-11,17-18,25H,2-3,6,9,12-16H2,1,4-5H3. The highest BCUT2D eigenvalue weighted by Crippen LogP contribution is 2.34. The van der Waals surface area contributed by atoms with E-state index in [0.717, 1.165) is 68.5 Å². The van der Waals surface area contributed by atoms with Crippen LogP contribution in [0.3, 0.4) is 0 Å². The highest BCUT2D eigenvalue weighted by molar-refractivity contribution is 5.60. The van der Waals surface area contributed by atoms with Gasteiger partial charge in [0.2, 0.25) is 5.82 Å². The van der Waals surface area contributed by atoms with Crippen LogP contribution in [0, 0.1) is 13.8 Å². The number of benzene rings is 1. The van der Waals surface area contributed by atoms with Crippen LogP contribution in [-0.2, 0) is 6.54 Å². The molecule has 0 amide bonds. The van der Waals surface area contributed by atoms with Gasteiger partial charge in [-0.15, -0.1) is 0 Å². The maximum Gasteiger partial charge on any atom is 0.209 e. The molecule has 1 saturated heterocycles. The Morgan fingerprint density at radius 3 is 2.47 bits per heavy atom. The van der Waals surface area contributed by atoms with Gasteiger partial charge in [0.05, 0.1) is 6.54 Å². The van der Waals surface area contributed by atoms with Gasteiger partial charge in [0.15, 0.2) is 0 Å². The van der Waals surface area contributed by atoms with Crippen molar-refractivity contribution in [3.63, 3.8) is 0 Å². The second-order valence-electron chi connectivity index (χ2n) is 8.58. The quantitative estimate of drug-likeness (QED) is 0.433. The largest absolute Gasteiger partial charge is 0.459 e. The first-order chi connectivity index (χ1) is 15.5. The second kappa shape index (κ2) is 9.65.